The number of amides is 2. The SMILES string of the molecule is COc1cccc(CCNC(=O)[C@@H]2C[C@H]3CC[C@H]2C[C@@]32NC(=O)c3ccccc3N2)c1. The van der Waals surface area contributed by atoms with Crippen LogP contribution in [0.3, 0.4) is 0 Å². The van der Waals surface area contributed by atoms with E-state index in [0.717, 1.165) is 49.1 Å². The maximum atomic E-state index is 13.0. The van der Waals surface area contributed by atoms with E-state index in [9.17, 15) is 9.59 Å². The maximum absolute atomic E-state index is 13.0. The Hall–Kier alpha value is -3.02. The van der Waals surface area contributed by atoms with Crippen LogP contribution in [0.4, 0.5) is 5.69 Å². The van der Waals surface area contributed by atoms with Crippen molar-refractivity contribution in [3.8, 4) is 5.75 Å². The minimum absolute atomic E-state index is 0.0128. The third kappa shape index (κ3) is 3.64. The highest BCUT2D eigenvalue weighted by Gasteiger charge is 2.55. The van der Waals surface area contributed by atoms with Crippen molar-refractivity contribution in [3.05, 3.63) is 59.7 Å². The number of nitrogens with one attached hydrogen (secondary N) is 3. The molecule has 3 aliphatic carbocycles. The van der Waals surface area contributed by atoms with Crippen LogP contribution in [-0.2, 0) is 11.2 Å². The van der Waals surface area contributed by atoms with E-state index in [4.69, 9.17) is 4.74 Å². The van der Waals surface area contributed by atoms with Gasteiger partial charge in [0.25, 0.3) is 5.91 Å². The van der Waals surface area contributed by atoms with Crippen molar-refractivity contribution < 1.29 is 14.3 Å². The van der Waals surface area contributed by atoms with Crippen LogP contribution >= 0.6 is 0 Å². The van der Waals surface area contributed by atoms with Crippen LogP contribution in [0.5, 0.6) is 5.75 Å². The summed E-state index contributed by atoms with van der Waals surface area (Å²) in [7, 11) is 1.66. The number of para-hydroxylation sites is 1. The highest BCUT2D eigenvalue weighted by molar-refractivity contribution is 6.02. The number of hydrogen-bond acceptors (Lipinski definition) is 4. The number of carbonyl (C=O) groups is 2. The van der Waals surface area contributed by atoms with Crippen LogP contribution in [0, 0.1) is 17.8 Å². The Kier molecular flexibility index (Phi) is 5.08. The van der Waals surface area contributed by atoms with E-state index in [-0.39, 0.29) is 29.6 Å². The Morgan fingerprint density at radius 1 is 1.16 bits per heavy atom. The van der Waals surface area contributed by atoms with Gasteiger partial charge in [0, 0.05) is 24.1 Å². The molecule has 2 bridgehead atoms. The molecule has 4 atom stereocenters. The molecule has 2 aromatic carbocycles. The van der Waals surface area contributed by atoms with E-state index in [1.165, 1.54) is 0 Å². The van der Waals surface area contributed by atoms with Crippen molar-refractivity contribution in [2.24, 2.45) is 17.8 Å². The van der Waals surface area contributed by atoms with Crippen LogP contribution in [-0.4, -0.2) is 31.1 Å². The smallest absolute Gasteiger partial charge is 0.255 e. The number of benzene rings is 2. The fourth-order valence-electron chi connectivity index (χ4n) is 5.75. The lowest BCUT2D eigenvalue weighted by Gasteiger charge is -2.56. The minimum Gasteiger partial charge on any atom is -0.497 e. The lowest BCUT2D eigenvalue weighted by atomic mass is 9.58. The fraction of sp³-hybridized carbons (Fsp3) is 0.440. The molecular weight excluding hydrogens is 390 g/mol. The highest BCUT2D eigenvalue weighted by atomic mass is 16.5. The Balaban J connectivity index is 1.22. The van der Waals surface area contributed by atoms with E-state index < -0.39 is 5.66 Å². The molecule has 1 spiro atoms. The van der Waals surface area contributed by atoms with E-state index in [1.807, 2.05) is 42.5 Å². The van der Waals surface area contributed by atoms with Crippen molar-refractivity contribution in [2.75, 3.05) is 19.0 Å². The molecule has 2 amide bonds. The van der Waals surface area contributed by atoms with Crippen LogP contribution < -0.4 is 20.7 Å². The average molecular weight is 420 g/mol. The first-order valence-corrected chi connectivity index (χ1v) is 11.2. The van der Waals surface area contributed by atoms with Gasteiger partial charge in [-0.25, -0.2) is 0 Å². The molecular formula is C25H29N3O3. The predicted molar refractivity (Wildman–Crippen MR) is 119 cm³/mol. The Bertz CT molecular complexity index is 1010. The van der Waals surface area contributed by atoms with Gasteiger partial charge in [0.15, 0.2) is 0 Å². The summed E-state index contributed by atoms with van der Waals surface area (Å²) >= 11 is 0. The number of carbonyl (C=O) groups excluding carboxylic acids is 2. The summed E-state index contributed by atoms with van der Waals surface area (Å²) in [6.07, 6.45) is 4.46. The number of hydrogen-bond donors (Lipinski definition) is 3. The molecule has 3 fully saturated rings. The summed E-state index contributed by atoms with van der Waals surface area (Å²) in [6, 6.07) is 15.6. The van der Waals surface area contributed by atoms with E-state index >= 15 is 0 Å². The predicted octanol–water partition coefficient (Wildman–Crippen LogP) is 3.34. The van der Waals surface area contributed by atoms with Gasteiger partial charge in [-0.15, -0.1) is 0 Å². The zero-order valence-electron chi connectivity index (χ0n) is 17.8. The van der Waals surface area contributed by atoms with Gasteiger partial charge >= 0.3 is 0 Å². The summed E-state index contributed by atoms with van der Waals surface area (Å²) in [5.41, 5.74) is 2.32. The van der Waals surface area contributed by atoms with Gasteiger partial charge in [-0.05, 0) is 67.9 Å². The van der Waals surface area contributed by atoms with E-state index in [0.29, 0.717) is 12.1 Å². The number of fused-ring (bicyclic) bond motifs is 3. The van der Waals surface area contributed by atoms with Gasteiger partial charge in [0.05, 0.1) is 12.7 Å². The molecule has 0 saturated heterocycles. The number of anilines is 1. The monoisotopic (exact) mass is 419 g/mol. The zero-order chi connectivity index (χ0) is 21.4. The highest BCUT2D eigenvalue weighted by Crippen LogP contribution is 2.51. The minimum atomic E-state index is -0.425. The van der Waals surface area contributed by atoms with E-state index in [2.05, 4.69) is 22.0 Å². The summed E-state index contributed by atoms with van der Waals surface area (Å²) in [6.45, 7) is 0.618. The maximum Gasteiger partial charge on any atom is 0.255 e. The third-order valence-corrected chi connectivity index (χ3v) is 7.32. The first kappa shape index (κ1) is 19.9. The molecule has 6 heteroatoms. The lowest BCUT2D eigenvalue weighted by molar-refractivity contribution is -0.132. The van der Waals surface area contributed by atoms with Crippen LogP contribution in [0.15, 0.2) is 48.5 Å². The Morgan fingerprint density at radius 3 is 2.84 bits per heavy atom. The van der Waals surface area contributed by atoms with Gasteiger partial charge in [-0.2, -0.15) is 0 Å². The first-order valence-electron chi connectivity index (χ1n) is 11.2. The zero-order valence-corrected chi connectivity index (χ0v) is 17.8. The molecule has 3 N–H and O–H groups in total. The van der Waals surface area contributed by atoms with Gasteiger partial charge in [0.2, 0.25) is 5.91 Å². The summed E-state index contributed by atoms with van der Waals surface area (Å²) in [5.74, 6) is 1.52. The Morgan fingerprint density at radius 2 is 2.03 bits per heavy atom. The van der Waals surface area contributed by atoms with Crippen molar-refractivity contribution in [3.63, 3.8) is 0 Å². The largest absolute Gasteiger partial charge is 0.497 e. The third-order valence-electron chi connectivity index (χ3n) is 7.32. The van der Waals surface area contributed by atoms with E-state index in [1.54, 1.807) is 7.11 Å². The molecule has 1 heterocycles. The second-order valence-corrected chi connectivity index (χ2v) is 9.07. The van der Waals surface area contributed by atoms with Crippen molar-refractivity contribution in [1.82, 2.24) is 10.6 Å². The molecule has 3 saturated carbocycles. The second-order valence-electron chi connectivity index (χ2n) is 9.07. The van der Waals surface area contributed by atoms with Crippen LogP contribution in [0.1, 0.15) is 41.6 Å². The number of ether oxygens (including phenoxy) is 1. The van der Waals surface area contributed by atoms with Gasteiger partial charge in [-0.1, -0.05) is 24.3 Å². The van der Waals surface area contributed by atoms with Gasteiger partial charge in [0.1, 0.15) is 11.4 Å². The van der Waals surface area contributed by atoms with Gasteiger partial charge < -0.3 is 20.7 Å². The van der Waals surface area contributed by atoms with Crippen molar-refractivity contribution in [1.29, 1.82) is 0 Å². The number of rotatable bonds is 5. The van der Waals surface area contributed by atoms with Crippen LogP contribution in [0.2, 0.25) is 0 Å². The molecule has 1 aliphatic heterocycles. The standard InChI is InChI=1S/C25H29N3O3/c1-31-19-6-4-5-16(13-19)11-12-26-23(29)21-14-18-10-9-17(21)15-25(18)27-22-8-3-2-7-20(22)24(30)28-25/h2-8,13,17-18,21,27H,9-12,14-15H2,1H3,(H,26,29)(H,28,30)/t17-,18+,21+,25+/m0/s1. The molecule has 6 rings (SSSR count). The summed E-state index contributed by atoms with van der Waals surface area (Å²) in [4.78, 5) is 25.7. The molecule has 0 unspecified atom stereocenters. The Labute approximate surface area is 182 Å². The average Bonchev–Trinajstić information content (AvgIpc) is 2.79. The normalized spacial score (nSPS) is 28.4. The topological polar surface area (TPSA) is 79.5 Å². The molecule has 6 nitrogen and oxygen atoms in total. The summed E-state index contributed by atoms with van der Waals surface area (Å²) in [5, 5.41) is 10.0. The summed E-state index contributed by atoms with van der Waals surface area (Å²) < 4.78 is 5.27. The van der Waals surface area contributed by atoms with Crippen molar-refractivity contribution in [2.45, 2.75) is 37.8 Å². The van der Waals surface area contributed by atoms with Gasteiger partial charge in [-0.3, -0.25) is 9.59 Å². The molecule has 31 heavy (non-hydrogen) atoms. The molecule has 2 aromatic rings. The molecule has 0 aromatic heterocycles. The fourth-order valence-corrected chi connectivity index (χ4v) is 5.75. The molecule has 162 valence electrons. The first-order chi connectivity index (χ1) is 15.1. The van der Waals surface area contributed by atoms with Crippen LogP contribution in [0.25, 0.3) is 0 Å². The lowest BCUT2D eigenvalue weighted by Crippen LogP contribution is -2.68. The quantitative estimate of drug-likeness (QED) is 0.695. The number of methoxy groups -OCH3 is 1. The molecule has 4 aliphatic rings. The molecule has 0 radical (unpaired) electrons. The van der Waals surface area contributed by atoms with Crippen molar-refractivity contribution >= 4 is 17.5 Å². The second kappa shape index (κ2) is 7.91.